The molecule has 0 atom stereocenters. The lowest BCUT2D eigenvalue weighted by molar-refractivity contribution is 0.241. The Morgan fingerprint density at radius 2 is 1.73 bits per heavy atom. The van der Waals surface area contributed by atoms with E-state index in [9.17, 15) is 0 Å². The highest BCUT2D eigenvalue weighted by molar-refractivity contribution is 5.42. The van der Waals surface area contributed by atoms with Gasteiger partial charge in [0.05, 0.1) is 13.2 Å². The topological polar surface area (TPSA) is 18.5 Å². The van der Waals surface area contributed by atoms with Crippen molar-refractivity contribution in [3.8, 4) is 11.5 Å². The van der Waals surface area contributed by atoms with Gasteiger partial charge in [0.25, 0.3) is 0 Å². The average Bonchev–Trinajstić information content (AvgIpc) is 2.16. The molecule has 0 spiro atoms. The molecule has 0 aliphatic rings. The van der Waals surface area contributed by atoms with Crippen LogP contribution in [0.1, 0.15) is 39.2 Å². The second-order valence-corrected chi connectivity index (χ2v) is 4.23. The summed E-state index contributed by atoms with van der Waals surface area (Å²) < 4.78 is 11.0. The molecule has 1 rings (SSSR count). The number of methoxy groups -OCH3 is 1. The summed E-state index contributed by atoms with van der Waals surface area (Å²) in [6, 6.07) is 5.97. The first-order chi connectivity index (χ1) is 7.04. The van der Waals surface area contributed by atoms with E-state index in [2.05, 4.69) is 19.9 Å². The van der Waals surface area contributed by atoms with Crippen molar-refractivity contribution in [2.45, 2.75) is 39.7 Å². The van der Waals surface area contributed by atoms with Gasteiger partial charge in [0.2, 0.25) is 0 Å². The Kier molecular flexibility index (Phi) is 4.01. The summed E-state index contributed by atoms with van der Waals surface area (Å²) in [6.07, 6.45) is 0.207. The number of rotatable bonds is 4. The van der Waals surface area contributed by atoms with E-state index in [0.717, 1.165) is 11.5 Å². The van der Waals surface area contributed by atoms with Gasteiger partial charge < -0.3 is 9.47 Å². The molecule has 0 aromatic heterocycles. The maximum Gasteiger partial charge on any atom is 0.122 e. The molecule has 2 heteroatoms. The van der Waals surface area contributed by atoms with Crippen molar-refractivity contribution >= 4 is 0 Å². The molecule has 0 unspecified atom stereocenters. The lowest BCUT2D eigenvalue weighted by Crippen LogP contribution is -2.06. The lowest BCUT2D eigenvalue weighted by atomic mass is 10.0. The second kappa shape index (κ2) is 5.06. The molecule has 0 radical (unpaired) electrons. The Bertz CT molecular complexity index is 316. The van der Waals surface area contributed by atoms with E-state index >= 15 is 0 Å². The van der Waals surface area contributed by atoms with Crippen LogP contribution in [0.15, 0.2) is 18.2 Å². The minimum Gasteiger partial charge on any atom is -0.496 e. The predicted octanol–water partition coefficient (Wildman–Crippen LogP) is 3.61. The molecule has 0 N–H and O–H groups in total. The van der Waals surface area contributed by atoms with Gasteiger partial charge >= 0.3 is 0 Å². The van der Waals surface area contributed by atoms with E-state index in [-0.39, 0.29) is 6.10 Å². The minimum absolute atomic E-state index is 0.207. The Hall–Kier alpha value is -1.18. The van der Waals surface area contributed by atoms with Crippen LogP contribution in [0.5, 0.6) is 11.5 Å². The van der Waals surface area contributed by atoms with E-state index in [0.29, 0.717) is 5.92 Å². The van der Waals surface area contributed by atoms with Gasteiger partial charge in [-0.05, 0) is 38.0 Å². The van der Waals surface area contributed by atoms with Crippen molar-refractivity contribution in [1.29, 1.82) is 0 Å². The van der Waals surface area contributed by atoms with Gasteiger partial charge in [0.15, 0.2) is 0 Å². The van der Waals surface area contributed by atoms with Gasteiger partial charge in [-0.25, -0.2) is 0 Å². The minimum atomic E-state index is 0.207. The summed E-state index contributed by atoms with van der Waals surface area (Å²) >= 11 is 0. The molecule has 0 bridgehead atoms. The predicted molar refractivity (Wildman–Crippen MR) is 62.8 cm³/mol. The summed E-state index contributed by atoms with van der Waals surface area (Å²) in [5.74, 6) is 2.28. The zero-order valence-electron chi connectivity index (χ0n) is 10.2. The van der Waals surface area contributed by atoms with Crippen molar-refractivity contribution in [2.24, 2.45) is 0 Å². The Labute approximate surface area is 92.2 Å². The van der Waals surface area contributed by atoms with Crippen molar-refractivity contribution in [3.05, 3.63) is 23.8 Å². The van der Waals surface area contributed by atoms with E-state index in [1.165, 1.54) is 5.56 Å². The van der Waals surface area contributed by atoms with Crippen LogP contribution in [0.2, 0.25) is 0 Å². The number of hydrogen-bond donors (Lipinski definition) is 0. The Morgan fingerprint density at radius 3 is 2.20 bits per heavy atom. The maximum atomic E-state index is 5.65. The van der Waals surface area contributed by atoms with Crippen LogP contribution in [0.3, 0.4) is 0 Å². The molecule has 15 heavy (non-hydrogen) atoms. The smallest absolute Gasteiger partial charge is 0.122 e. The summed E-state index contributed by atoms with van der Waals surface area (Å²) in [6.45, 7) is 8.35. The van der Waals surface area contributed by atoms with Gasteiger partial charge in [0.1, 0.15) is 11.5 Å². The zero-order valence-corrected chi connectivity index (χ0v) is 10.2. The molecule has 0 aliphatic heterocycles. The number of ether oxygens (including phenoxy) is 2. The van der Waals surface area contributed by atoms with E-state index in [4.69, 9.17) is 9.47 Å². The van der Waals surface area contributed by atoms with Crippen molar-refractivity contribution < 1.29 is 9.47 Å². The van der Waals surface area contributed by atoms with Crippen molar-refractivity contribution in [3.63, 3.8) is 0 Å². The van der Waals surface area contributed by atoms with Crippen LogP contribution < -0.4 is 9.47 Å². The maximum absolute atomic E-state index is 5.65. The van der Waals surface area contributed by atoms with Crippen LogP contribution in [-0.4, -0.2) is 13.2 Å². The number of benzene rings is 1. The molecular formula is C13H20O2. The second-order valence-electron chi connectivity index (χ2n) is 4.23. The van der Waals surface area contributed by atoms with Gasteiger partial charge in [-0.15, -0.1) is 0 Å². The summed E-state index contributed by atoms with van der Waals surface area (Å²) in [5.41, 5.74) is 1.19. The molecule has 0 heterocycles. The molecule has 84 valence electrons. The molecule has 0 saturated carbocycles. The van der Waals surface area contributed by atoms with Crippen LogP contribution in [0.4, 0.5) is 0 Å². The molecule has 1 aromatic carbocycles. The zero-order chi connectivity index (χ0) is 11.4. The molecule has 0 fully saturated rings. The van der Waals surface area contributed by atoms with Crippen molar-refractivity contribution in [2.75, 3.05) is 7.11 Å². The van der Waals surface area contributed by atoms with Gasteiger partial charge in [0, 0.05) is 5.56 Å². The fourth-order valence-electron chi connectivity index (χ4n) is 1.51. The first-order valence-electron chi connectivity index (χ1n) is 5.39. The lowest BCUT2D eigenvalue weighted by Gasteiger charge is -2.15. The highest BCUT2D eigenvalue weighted by atomic mass is 16.5. The first-order valence-corrected chi connectivity index (χ1v) is 5.39. The molecule has 0 aliphatic carbocycles. The van der Waals surface area contributed by atoms with Crippen LogP contribution in [0.25, 0.3) is 0 Å². The van der Waals surface area contributed by atoms with E-state index in [1.54, 1.807) is 7.11 Å². The summed E-state index contributed by atoms with van der Waals surface area (Å²) in [4.78, 5) is 0. The summed E-state index contributed by atoms with van der Waals surface area (Å²) in [7, 11) is 1.70. The summed E-state index contributed by atoms with van der Waals surface area (Å²) in [5, 5.41) is 0. The van der Waals surface area contributed by atoms with E-state index in [1.807, 2.05) is 26.0 Å². The normalized spacial score (nSPS) is 10.9. The standard InChI is InChI=1S/C13H20O2/c1-9(2)12-8-11(15-10(3)4)6-7-13(12)14-5/h6-10H,1-5H3. The van der Waals surface area contributed by atoms with E-state index < -0.39 is 0 Å². The largest absolute Gasteiger partial charge is 0.496 e. The molecule has 2 nitrogen and oxygen atoms in total. The third kappa shape index (κ3) is 3.15. The van der Waals surface area contributed by atoms with Crippen LogP contribution >= 0.6 is 0 Å². The molecular weight excluding hydrogens is 188 g/mol. The van der Waals surface area contributed by atoms with Crippen LogP contribution in [0, 0.1) is 0 Å². The van der Waals surface area contributed by atoms with Crippen molar-refractivity contribution in [1.82, 2.24) is 0 Å². The fourth-order valence-corrected chi connectivity index (χ4v) is 1.51. The quantitative estimate of drug-likeness (QED) is 0.752. The molecule has 0 amide bonds. The van der Waals surface area contributed by atoms with Crippen LogP contribution in [-0.2, 0) is 0 Å². The molecule has 0 saturated heterocycles. The third-order valence-electron chi connectivity index (χ3n) is 2.19. The Morgan fingerprint density at radius 1 is 1.07 bits per heavy atom. The number of hydrogen-bond acceptors (Lipinski definition) is 2. The van der Waals surface area contributed by atoms with Gasteiger partial charge in [-0.2, -0.15) is 0 Å². The fraction of sp³-hybridized carbons (Fsp3) is 0.538. The first kappa shape index (κ1) is 11.9. The Balaban J connectivity index is 2.99. The highest BCUT2D eigenvalue weighted by Crippen LogP contribution is 2.30. The van der Waals surface area contributed by atoms with Gasteiger partial charge in [-0.3, -0.25) is 0 Å². The SMILES string of the molecule is COc1ccc(OC(C)C)cc1C(C)C. The third-order valence-corrected chi connectivity index (χ3v) is 2.19. The highest BCUT2D eigenvalue weighted by Gasteiger charge is 2.09. The van der Waals surface area contributed by atoms with Gasteiger partial charge in [-0.1, -0.05) is 13.8 Å². The monoisotopic (exact) mass is 208 g/mol. The average molecular weight is 208 g/mol. The molecule has 1 aromatic rings.